The standard InChI is InChI=1S/C72H79BN4/c1-67(2,3)48-27-32-54(33-28-48)75-62-39-31-50(69(7,8)9)43-60(62)73-59-38-36-57(47-63(59)76(55-34-29-49(30-35-55)68(4,5)6)65-45-51(70(10,11)12)44-64(75)66(65)73)77-61-40-37-56(46-58(61)71(13)41-21-22-42-72(71,77)14)74(52-23-17-15-18-24-52)53-25-19-16-20-26-53/h15-20,23-40,43-47H,21-22,41-42H2,1-14H3. The summed E-state index contributed by atoms with van der Waals surface area (Å²) in [6, 6.07) is 68.1. The third kappa shape index (κ3) is 8.24. The number of benzene rings is 8. The zero-order valence-electron chi connectivity index (χ0n) is 48.4. The molecule has 1 fully saturated rings. The zero-order valence-corrected chi connectivity index (χ0v) is 48.4. The molecule has 1 saturated carbocycles. The molecule has 8 aromatic rings. The van der Waals surface area contributed by atoms with E-state index in [2.05, 4.69) is 292 Å². The lowest BCUT2D eigenvalue weighted by Gasteiger charge is -2.50. The number of hydrogen-bond acceptors (Lipinski definition) is 4. The summed E-state index contributed by atoms with van der Waals surface area (Å²) in [5.41, 5.74) is 24.0. The van der Waals surface area contributed by atoms with Gasteiger partial charge in [-0.2, -0.15) is 0 Å². The molecule has 0 bridgehead atoms. The number of fused-ring (bicyclic) bond motifs is 7. The molecule has 8 aromatic carbocycles. The van der Waals surface area contributed by atoms with Crippen molar-refractivity contribution in [3.8, 4) is 0 Å². The molecule has 0 aromatic heterocycles. The van der Waals surface area contributed by atoms with Gasteiger partial charge in [0.2, 0.25) is 0 Å². The second-order valence-electron chi connectivity index (χ2n) is 27.5. The molecular weight excluding hydrogens is 932 g/mol. The van der Waals surface area contributed by atoms with Crippen molar-refractivity contribution in [3.63, 3.8) is 0 Å². The number of anilines is 11. The van der Waals surface area contributed by atoms with Gasteiger partial charge in [0, 0.05) is 68.0 Å². The molecule has 77 heavy (non-hydrogen) atoms. The Morgan fingerprint density at radius 3 is 1.40 bits per heavy atom. The SMILES string of the molecule is CC(C)(C)c1ccc(N2c3ccc(C(C)(C)C)cc3B3c4ccc(N5c6ccc(N(c7ccccc7)c7ccccc7)cc6C6(C)CCCCC56C)cc4N(c4ccc(C(C)(C)C)cc4)c4cc(C(C)(C)C)cc2c43)cc1. The first kappa shape index (κ1) is 50.8. The Labute approximate surface area is 461 Å². The van der Waals surface area contributed by atoms with Crippen molar-refractivity contribution in [1.29, 1.82) is 0 Å². The summed E-state index contributed by atoms with van der Waals surface area (Å²) in [6.45, 7) is 33.2. The molecule has 0 amide bonds. The molecule has 4 aliphatic rings. The van der Waals surface area contributed by atoms with Crippen LogP contribution in [0.3, 0.4) is 0 Å². The normalized spacial score (nSPS) is 18.8. The van der Waals surface area contributed by atoms with Crippen LogP contribution in [0.2, 0.25) is 0 Å². The lowest BCUT2D eigenvalue weighted by atomic mass is 9.33. The quantitative estimate of drug-likeness (QED) is 0.154. The Balaban J connectivity index is 1.11. The zero-order chi connectivity index (χ0) is 54.2. The van der Waals surface area contributed by atoms with Gasteiger partial charge in [-0.3, -0.25) is 0 Å². The van der Waals surface area contributed by atoms with Gasteiger partial charge in [0.25, 0.3) is 6.71 Å². The maximum atomic E-state index is 2.78. The van der Waals surface area contributed by atoms with Crippen LogP contribution in [0.15, 0.2) is 176 Å². The maximum Gasteiger partial charge on any atom is 0.252 e. The van der Waals surface area contributed by atoms with E-state index in [0.717, 1.165) is 24.2 Å². The molecule has 3 aliphatic heterocycles. The van der Waals surface area contributed by atoms with Crippen LogP contribution in [0.1, 0.15) is 150 Å². The van der Waals surface area contributed by atoms with Crippen molar-refractivity contribution in [1.82, 2.24) is 0 Å². The first-order valence-electron chi connectivity index (χ1n) is 28.6. The molecule has 2 atom stereocenters. The van der Waals surface area contributed by atoms with Crippen molar-refractivity contribution in [3.05, 3.63) is 204 Å². The fourth-order valence-corrected chi connectivity index (χ4v) is 13.7. The fourth-order valence-electron chi connectivity index (χ4n) is 13.7. The predicted molar refractivity (Wildman–Crippen MR) is 333 cm³/mol. The van der Waals surface area contributed by atoms with E-state index >= 15 is 0 Å². The lowest BCUT2D eigenvalue weighted by molar-refractivity contribution is 0.195. The first-order valence-corrected chi connectivity index (χ1v) is 28.6. The van der Waals surface area contributed by atoms with Gasteiger partial charge in [0.1, 0.15) is 0 Å². The predicted octanol–water partition coefficient (Wildman–Crippen LogP) is 18.2. The molecule has 2 unspecified atom stereocenters. The van der Waals surface area contributed by atoms with Gasteiger partial charge in [-0.25, -0.2) is 0 Å². The third-order valence-corrected chi connectivity index (χ3v) is 18.4. The molecule has 4 nitrogen and oxygen atoms in total. The molecule has 390 valence electrons. The van der Waals surface area contributed by atoms with Crippen molar-refractivity contribution < 1.29 is 0 Å². The molecule has 1 aliphatic carbocycles. The van der Waals surface area contributed by atoms with Crippen LogP contribution in [0.5, 0.6) is 0 Å². The summed E-state index contributed by atoms with van der Waals surface area (Å²) >= 11 is 0. The molecule has 5 heteroatoms. The van der Waals surface area contributed by atoms with E-state index in [1.807, 2.05) is 0 Å². The lowest BCUT2D eigenvalue weighted by Crippen LogP contribution is -2.61. The van der Waals surface area contributed by atoms with E-state index in [0.29, 0.717) is 0 Å². The van der Waals surface area contributed by atoms with Gasteiger partial charge in [0.05, 0.1) is 5.54 Å². The molecule has 3 heterocycles. The highest BCUT2D eigenvalue weighted by molar-refractivity contribution is 7.00. The van der Waals surface area contributed by atoms with E-state index in [-0.39, 0.29) is 39.3 Å². The molecule has 0 N–H and O–H groups in total. The Morgan fingerprint density at radius 1 is 0.390 bits per heavy atom. The topological polar surface area (TPSA) is 13.0 Å². The van der Waals surface area contributed by atoms with E-state index in [9.17, 15) is 0 Å². The average Bonchev–Trinajstić information content (AvgIpc) is 3.65. The van der Waals surface area contributed by atoms with Crippen molar-refractivity contribution >= 4 is 85.7 Å². The van der Waals surface area contributed by atoms with E-state index < -0.39 is 0 Å². The number of para-hydroxylation sites is 2. The van der Waals surface area contributed by atoms with Crippen LogP contribution in [-0.2, 0) is 27.1 Å². The number of hydrogen-bond donors (Lipinski definition) is 0. The third-order valence-electron chi connectivity index (χ3n) is 18.4. The van der Waals surface area contributed by atoms with Crippen LogP contribution < -0.4 is 36.0 Å². The van der Waals surface area contributed by atoms with Gasteiger partial charge in [-0.1, -0.05) is 182 Å². The highest BCUT2D eigenvalue weighted by Gasteiger charge is 2.58. The van der Waals surface area contributed by atoms with Gasteiger partial charge >= 0.3 is 0 Å². The van der Waals surface area contributed by atoms with E-state index in [1.54, 1.807) is 0 Å². The molecule has 12 rings (SSSR count). The number of rotatable bonds is 6. The Bertz CT molecular complexity index is 3510. The molecule has 0 radical (unpaired) electrons. The van der Waals surface area contributed by atoms with Crippen LogP contribution in [0, 0.1) is 0 Å². The summed E-state index contributed by atoms with van der Waals surface area (Å²) < 4.78 is 0. The first-order chi connectivity index (χ1) is 36.5. The maximum absolute atomic E-state index is 2.78. The Kier molecular flexibility index (Phi) is 11.7. The second-order valence-corrected chi connectivity index (χ2v) is 27.5. The van der Waals surface area contributed by atoms with Gasteiger partial charge in [0.15, 0.2) is 0 Å². The van der Waals surface area contributed by atoms with Crippen LogP contribution in [0.4, 0.5) is 62.6 Å². The molecule has 0 saturated heterocycles. The Morgan fingerprint density at radius 2 is 0.870 bits per heavy atom. The monoisotopic (exact) mass is 1010 g/mol. The highest BCUT2D eigenvalue weighted by atomic mass is 15.3. The highest BCUT2D eigenvalue weighted by Crippen LogP contribution is 2.62. The van der Waals surface area contributed by atoms with Crippen molar-refractivity contribution in [2.24, 2.45) is 0 Å². The minimum Gasteiger partial charge on any atom is -0.334 e. The largest absolute Gasteiger partial charge is 0.334 e. The smallest absolute Gasteiger partial charge is 0.252 e. The molecular formula is C72H79BN4. The minimum absolute atomic E-state index is 0.00326. The van der Waals surface area contributed by atoms with E-state index in [1.165, 1.54) is 108 Å². The summed E-state index contributed by atoms with van der Waals surface area (Å²) in [5.74, 6) is 0. The van der Waals surface area contributed by atoms with Gasteiger partial charge < -0.3 is 19.6 Å². The number of nitrogens with zero attached hydrogens (tertiary/aromatic N) is 4. The van der Waals surface area contributed by atoms with Crippen LogP contribution >= 0.6 is 0 Å². The average molecular weight is 1010 g/mol. The Hall–Kier alpha value is -6.98. The van der Waals surface area contributed by atoms with Gasteiger partial charge in [-0.05, 0) is 183 Å². The van der Waals surface area contributed by atoms with Gasteiger partial charge in [-0.15, -0.1) is 0 Å². The summed E-state index contributed by atoms with van der Waals surface area (Å²) in [5, 5.41) is 0. The van der Waals surface area contributed by atoms with Crippen molar-refractivity contribution in [2.75, 3.05) is 19.6 Å². The second kappa shape index (κ2) is 17.8. The van der Waals surface area contributed by atoms with Crippen LogP contribution in [0.25, 0.3) is 0 Å². The molecule has 0 spiro atoms. The van der Waals surface area contributed by atoms with Crippen LogP contribution in [-0.4, -0.2) is 12.3 Å². The fraction of sp³-hybridized carbons (Fsp3) is 0.333. The summed E-state index contributed by atoms with van der Waals surface area (Å²) in [6.07, 6.45) is 4.68. The minimum atomic E-state index is -0.162. The summed E-state index contributed by atoms with van der Waals surface area (Å²) in [4.78, 5) is 10.5. The van der Waals surface area contributed by atoms with Crippen molar-refractivity contribution in [2.45, 2.75) is 155 Å². The van der Waals surface area contributed by atoms with E-state index in [4.69, 9.17) is 0 Å². The summed E-state index contributed by atoms with van der Waals surface area (Å²) in [7, 11) is 0.